The van der Waals surface area contributed by atoms with Crippen LogP contribution in [-0.2, 0) is 6.54 Å². The van der Waals surface area contributed by atoms with Crippen molar-refractivity contribution in [3.05, 3.63) is 52.6 Å². The fourth-order valence-electron chi connectivity index (χ4n) is 1.85. The molecule has 0 aliphatic heterocycles. The van der Waals surface area contributed by atoms with Gasteiger partial charge in [-0.05, 0) is 23.8 Å². The van der Waals surface area contributed by atoms with E-state index in [-0.39, 0.29) is 0 Å². The maximum atomic E-state index is 5.66. The number of hydrogen-bond acceptors (Lipinski definition) is 3. The van der Waals surface area contributed by atoms with Crippen molar-refractivity contribution in [1.82, 2.24) is 14.6 Å². The summed E-state index contributed by atoms with van der Waals surface area (Å²) in [4.78, 5) is 0. The van der Waals surface area contributed by atoms with Gasteiger partial charge >= 0.3 is 0 Å². The molecule has 0 saturated carbocycles. The number of pyridine rings is 1. The summed E-state index contributed by atoms with van der Waals surface area (Å²) < 4.78 is 3.01. The molecule has 0 fully saturated rings. The van der Waals surface area contributed by atoms with E-state index in [4.69, 9.17) is 5.73 Å². The SMILES string of the molecule is NCc1ccc2nnc(-c3ccc(Br)cc3)n2c1. The Labute approximate surface area is 113 Å². The van der Waals surface area contributed by atoms with Crippen molar-refractivity contribution in [3.8, 4) is 11.4 Å². The van der Waals surface area contributed by atoms with Gasteiger partial charge in [-0.25, -0.2) is 0 Å². The van der Waals surface area contributed by atoms with Crippen LogP contribution in [0.4, 0.5) is 0 Å². The Bertz CT molecular complexity index is 688. The minimum absolute atomic E-state index is 0.508. The zero-order chi connectivity index (χ0) is 12.5. The van der Waals surface area contributed by atoms with Crippen LogP contribution in [0.2, 0.25) is 0 Å². The Hall–Kier alpha value is -1.72. The van der Waals surface area contributed by atoms with E-state index < -0.39 is 0 Å². The first-order chi connectivity index (χ1) is 8.78. The molecule has 5 heteroatoms. The van der Waals surface area contributed by atoms with Gasteiger partial charge in [0, 0.05) is 22.8 Å². The van der Waals surface area contributed by atoms with Gasteiger partial charge in [-0.1, -0.05) is 34.1 Å². The summed E-state index contributed by atoms with van der Waals surface area (Å²) in [5.41, 5.74) is 8.57. The van der Waals surface area contributed by atoms with Gasteiger partial charge in [-0.15, -0.1) is 10.2 Å². The molecular formula is C13H11BrN4. The summed E-state index contributed by atoms with van der Waals surface area (Å²) in [6.45, 7) is 0.508. The molecule has 0 unspecified atom stereocenters. The molecule has 0 atom stereocenters. The highest BCUT2D eigenvalue weighted by atomic mass is 79.9. The van der Waals surface area contributed by atoms with Crippen molar-refractivity contribution >= 4 is 21.6 Å². The lowest BCUT2D eigenvalue weighted by Crippen LogP contribution is -1.99. The largest absolute Gasteiger partial charge is 0.326 e. The number of nitrogens with zero attached hydrogens (tertiary/aromatic N) is 3. The van der Waals surface area contributed by atoms with E-state index in [0.29, 0.717) is 6.54 Å². The third-order valence-electron chi connectivity index (χ3n) is 2.80. The number of aromatic nitrogens is 3. The molecule has 0 amide bonds. The average Bonchev–Trinajstić information content (AvgIpc) is 2.82. The predicted octanol–water partition coefficient (Wildman–Crippen LogP) is 2.62. The molecule has 0 aliphatic rings. The van der Waals surface area contributed by atoms with Gasteiger partial charge < -0.3 is 5.73 Å². The molecule has 4 nitrogen and oxygen atoms in total. The second-order valence-corrected chi connectivity index (χ2v) is 4.92. The van der Waals surface area contributed by atoms with Crippen LogP contribution in [0.1, 0.15) is 5.56 Å². The number of benzene rings is 1. The van der Waals surface area contributed by atoms with E-state index in [1.54, 1.807) is 0 Å². The van der Waals surface area contributed by atoms with E-state index >= 15 is 0 Å². The van der Waals surface area contributed by atoms with Crippen molar-refractivity contribution in [2.24, 2.45) is 5.73 Å². The Morgan fingerprint density at radius 1 is 1.06 bits per heavy atom. The molecule has 0 aliphatic carbocycles. The first-order valence-corrected chi connectivity index (χ1v) is 6.37. The van der Waals surface area contributed by atoms with Gasteiger partial charge in [0.1, 0.15) is 0 Å². The highest BCUT2D eigenvalue weighted by Crippen LogP contribution is 2.21. The zero-order valence-electron chi connectivity index (χ0n) is 9.55. The molecule has 2 N–H and O–H groups in total. The zero-order valence-corrected chi connectivity index (χ0v) is 11.1. The van der Waals surface area contributed by atoms with Crippen LogP contribution in [0.3, 0.4) is 0 Å². The van der Waals surface area contributed by atoms with Crippen LogP contribution in [0, 0.1) is 0 Å². The van der Waals surface area contributed by atoms with Crippen LogP contribution in [-0.4, -0.2) is 14.6 Å². The molecule has 0 saturated heterocycles. The van der Waals surface area contributed by atoms with Gasteiger partial charge in [-0.3, -0.25) is 4.40 Å². The summed E-state index contributed by atoms with van der Waals surface area (Å²) in [6.07, 6.45) is 1.98. The smallest absolute Gasteiger partial charge is 0.168 e. The number of fused-ring (bicyclic) bond motifs is 1. The topological polar surface area (TPSA) is 56.2 Å². The summed E-state index contributed by atoms with van der Waals surface area (Å²) >= 11 is 3.42. The Morgan fingerprint density at radius 2 is 1.83 bits per heavy atom. The highest BCUT2D eigenvalue weighted by molar-refractivity contribution is 9.10. The van der Waals surface area contributed by atoms with Gasteiger partial charge in [0.15, 0.2) is 11.5 Å². The summed E-state index contributed by atoms with van der Waals surface area (Å²) in [5, 5.41) is 8.38. The Kier molecular flexibility index (Phi) is 2.85. The quantitative estimate of drug-likeness (QED) is 0.792. The first-order valence-electron chi connectivity index (χ1n) is 5.57. The maximum Gasteiger partial charge on any atom is 0.168 e. The molecule has 2 heterocycles. The van der Waals surface area contributed by atoms with Crippen molar-refractivity contribution in [1.29, 1.82) is 0 Å². The maximum absolute atomic E-state index is 5.66. The Morgan fingerprint density at radius 3 is 2.56 bits per heavy atom. The molecule has 2 aromatic heterocycles. The van der Waals surface area contributed by atoms with E-state index in [9.17, 15) is 0 Å². The van der Waals surface area contributed by atoms with Crippen molar-refractivity contribution in [3.63, 3.8) is 0 Å². The molecule has 18 heavy (non-hydrogen) atoms. The van der Waals surface area contributed by atoms with Gasteiger partial charge in [0.05, 0.1) is 0 Å². The van der Waals surface area contributed by atoms with Gasteiger partial charge in [0.2, 0.25) is 0 Å². The van der Waals surface area contributed by atoms with Crippen LogP contribution < -0.4 is 5.73 Å². The van der Waals surface area contributed by atoms with Crippen LogP contribution in [0.25, 0.3) is 17.0 Å². The van der Waals surface area contributed by atoms with Crippen LogP contribution in [0.5, 0.6) is 0 Å². The van der Waals surface area contributed by atoms with E-state index in [2.05, 4.69) is 26.1 Å². The van der Waals surface area contributed by atoms with Crippen LogP contribution in [0.15, 0.2) is 47.1 Å². The molecule has 3 aromatic rings. The predicted molar refractivity (Wildman–Crippen MR) is 74.0 cm³/mol. The number of hydrogen-bond donors (Lipinski definition) is 1. The second-order valence-electron chi connectivity index (χ2n) is 4.00. The molecule has 1 aromatic carbocycles. The summed E-state index contributed by atoms with van der Waals surface area (Å²) in [7, 11) is 0. The highest BCUT2D eigenvalue weighted by Gasteiger charge is 2.07. The fourth-order valence-corrected chi connectivity index (χ4v) is 2.12. The molecule has 0 bridgehead atoms. The van der Waals surface area contributed by atoms with E-state index in [1.807, 2.05) is 47.0 Å². The third-order valence-corrected chi connectivity index (χ3v) is 3.33. The molecule has 3 rings (SSSR count). The lowest BCUT2D eigenvalue weighted by molar-refractivity contribution is 1.03. The Balaban J connectivity index is 2.19. The fraction of sp³-hybridized carbons (Fsp3) is 0.0769. The number of rotatable bonds is 2. The van der Waals surface area contributed by atoms with Gasteiger partial charge in [-0.2, -0.15) is 0 Å². The molecule has 0 radical (unpaired) electrons. The standard InChI is InChI=1S/C13H11BrN4/c14-11-4-2-10(3-5-11)13-17-16-12-6-1-9(7-15)8-18(12)13/h1-6,8H,7,15H2. The van der Waals surface area contributed by atoms with E-state index in [0.717, 1.165) is 27.1 Å². The third kappa shape index (κ3) is 1.91. The lowest BCUT2D eigenvalue weighted by atomic mass is 10.2. The average molecular weight is 303 g/mol. The van der Waals surface area contributed by atoms with Crippen molar-refractivity contribution in [2.45, 2.75) is 6.54 Å². The van der Waals surface area contributed by atoms with Crippen LogP contribution >= 0.6 is 15.9 Å². The van der Waals surface area contributed by atoms with E-state index in [1.165, 1.54) is 0 Å². The monoisotopic (exact) mass is 302 g/mol. The lowest BCUT2D eigenvalue weighted by Gasteiger charge is -2.02. The second kappa shape index (κ2) is 4.51. The van der Waals surface area contributed by atoms with Crippen molar-refractivity contribution in [2.75, 3.05) is 0 Å². The number of halogens is 1. The minimum Gasteiger partial charge on any atom is -0.326 e. The molecule has 0 spiro atoms. The van der Waals surface area contributed by atoms with Gasteiger partial charge in [0.25, 0.3) is 0 Å². The summed E-state index contributed by atoms with van der Waals surface area (Å²) in [5.74, 6) is 0.827. The molecular weight excluding hydrogens is 292 g/mol. The molecule has 90 valence electrons. The summed E-state index contributed by atoms with van der Waals surface area (Å²) in [6, 6.07) is 11.9. The normalized spacial score (nSPS) is 11.0. The first kappa shape index (κ1) is 11.4. The van der Waals surface area contributed by atoms with Crippen molar-refractivity contribution < 1.29 is 0 Å². The number of nitrogens with two attached hydrogens (primary N) is 1. The minimum atomic E-state index is 0.508.